The zero-order valence-corrected chi connectivity index (χ0v) is 12.5. The van der Waals surface area contributed by atoms with E-state index >= 15 is 0 Å². The molecule has 0 aliphatic carbocycles. The largest absolute Gasteiger partial charge is 0.335 e. The molecule has 5 heteroatoms. The minimum Gasteiger partial charge on any atom is -0.335 e. The molecule has 0 aliphatic heterocycles. The van der Waals surface area contributed by atoms with E-state index in [-0.39, 0.29) is 5.78 Å². The van der Waals surface area contributed by atoms with Crippen LogP contribution in [0.15, 0.2) is 18.5 Å². The van der Waals surface area contributed by atoms with E-state index in [0.717, 1.165) is 30.9 Å². The Kier molecular flexibility index (Phi) is 4.71. The van der Waals surface area contributed by atoms with Crippen molar-refractivity contribution in [3.8, 4) is 0 Å². The van der Waals surface area contributed by atoms with Crippen LogP contribution in [0, 0.1) is 0 Å². The number of aryl methyl sites for hydroxylation is 3. The Hall–Kier alpha value is -1.91. The zero-order chi connectivity index (χ0) is 14.5. The molecule has 2 aromatic rings. The van der Waals surface area contributed by atoms with Crippen molar-refractivity contribution in [3.05, 3.63) is 35.7 Å². The Labute approximate surface area is 119 Å². The van der Waals surface area contributed by atoms with Gasteiger partial charge in [0.15, 0.2) is 5.78 Å². The Morgan fingerprint density at radius 2 is 2.10 bits per heavy atom. The van der Waals surface area contributed by atoms with Crippen molar-refractivity contribution in [3.63, 3.8) is 0 Å². The molecule has 0 unspecified atom stereocenters. The highest BCUT2D eigenvalue weighted by Crippen LogP contribution is 2.10. The van der Waals surface area contributed by atoms with Crippen LogP contribution in [0.25, 0.3) is 0 Å². The standard InChI is InChI=1S/C15H22N4O/c1-4-8-18-9-7-16-15(18)11-14(20)13-10-12(5-2)17-19(13)6-3/h7,9-10H,4-6,8,11H2,1-3H3. The second kappa shape index (κ2) is 6.50. The molecule has 0 bridgehead atoms. The lowest BCUT2D eigenvalue weighted by molar-refractivity contribution is 0.0979. The smallest absolute Gasteiger partial charge is 0.188 e. The summed E-state index contributed by atoms with van der Waals surface area (Å²) in [5.41, 5.74) is 1.66. The van der Waals surface area contributed by atoms with Gasteiger partial charge in [-0.3, -0.25) is 9.48 Å². The molecule has 0 saturated carbocycles. The number of hydrogen-bond acceptors (Lipinski definition) is 3. The topological polar surface area (TPSA) is 52.7 Å². The van der Waals surface area contributed by atoms with Crippen LogP contribution in [0.3, 0.4) is 0 Å². The van der Waals surface area contributed by atoms with Crippen LogP contribution >= 0.6 is 0 Å². The lowest BCUT2D eigenvalue weighted by Crippen LogP contribution is -2.14. The van der Waals surface area contributed by atoms with E-state index in [4.69, 9.17) is 0 Å². The Morgan fingerprint density at radius 1 is 1.30 bits per heavy atom. The molecule has 20 heavy (non-hydrogen) atoms. The normalized spacial score (nSPS) is 10.9. The first-order valence-electron chi connectivity index (χ1n) is 7.29. The summed E-state index contributed by atoms with van der Waals surface area (Å²) >= 11 is 0. The summed E-state index contributed by atoms with van der Waals surface area (Å²) in [6.07, 6.45) is 5.90. The summed E-state index contributed by atoms with van der Waals surface area (Å²) in [5, 5.41) is 4.42. The molecule has 2 heterocycles. The molecule has 0 fully saturated rings. The lowest BCUT2D eigenvalue weighted by atomic mass is 10.2. The number of Topliss-reactive ketones (excluding diaryl/α,β-unsaturated/α-hetero) is 1. The summed E-state index contributed by atoms with van der Waals surface area (Å²) < 4.78 is 3.83. The molecular weight excluding hydrogens is 252 g/mol. The van der Waals surface area contributed by atoms with E-state index in [9.17, 15) is 4.79 Å². The van der Waals surface area contributed by atoms with Gasteiger partial charge in [0.25, 0.3) is 0 Å². The van der Waals surface area contributed by atoms with Gasteiger partial charge in [-0.2, -0.15) is 5.10 Å². The molecule has 2 aromatic heterocycles. The zero-order valence-electron chi connectivity index (χ0n) is 12.5. The number of hydrogen-bond donors (Lipinski definition) is 0. The number of aromatic nitrogens is 4. The number of ketones is 1. The Bertz CT molecular complexity index is 582. The van der Waals surface area contributed by atoms with Crippen LogP contribution in [0.2, 0.25) is 0 Å². The third-order valence-electron chi connectivity index (χ3n) is 3.36. The van der Waals surface area contributed by atoms with Gasteiger partial charge in [0.1, 0.15) is 11.5 Å². The average Bonchev–Trinajstić information content (AvgIpc) is 3.06. The molecule has 108 valence electrons. The fourth-order valence-corrected chi connectivity index (χ4v) is 2.29. The third-order valence-corrected chi connectivity index (χ3v) is 3.36. The summed E-state index contributed by atoms with van der Waals surface area (Å²) in [7, 11) is 0. The van der Waals surface area contributed by atoms with E-state index in [1.54, 1.807) is 10.9 Å². The summed E-state index contributed by atoms with van der Waals surface area (Å²) in [5.74, 6) is 0.918. The van der Waals surface area contributed by atoms with Crippen LogP contribution < -0.4 is 0 Å². The highest BCUT2D eigenvalue weighted by molar-refractivity contribution is 5.95. The molecule has 0 spiro atoms. The molecule has 0 aliphatic rings. The quantitative estimate of drug-likeness (QED) is 0.729. The van der Waals surface area contributed by atoms with Crippen LogP contribution in [-0.4, -0.2) is 25.1 Å². The van der Waals surface area contributed by atoms with Crippen LogP contribution in [-0.2, 0) is 25.9 Å². The van der Waals surface area contributed by atoms with Crippen LogP contribution in [0.1, 0.15) is 49.2 Å². The highest BCUT2D eigenvalue weighted by Gasteiger charge is 2.16. The van der Waals surface area contributed by atoms with Gasteiger partial charge in [-0.1, -0.05) is 13.8 Å². The van der Waals surface area contributed by atoms with Gasteiger partial charge in [-0.25, -0.2) is 4.98 Å². The molecular formula is C15H22N4O. The number of carbonyl (C=O) groups excluding carboxylic acids is 1. The molecule has 0 N–H and O–H groups in total. The SMILES string of the molecule is CCCn1ccnc1CC(=O)c1cc(CC)nn1CC. The van der Waals surface area contributed by atoms with E-state index in [2.05, 4.69) is 17.0 Å². The first-order valence-corrected chi connectivity index (χ1v) is 7.29. The monoisotopic (exact) mass is 274 g/mol. The number of imidazole rings is 1. The lowest BCUT2D eigenvalue weighted by Gasteiger charge is -2.06. The van der Waals surface area contributed by atoms with Crippen molar-refractivity contribution in [1.29, 1.82) is 0 Å². The maximum atomic E-state index is 12.5. The minimum atomic E-state index is 0.0857. The van der Waals surface area contributed by atoms with Gasteiger partial charge in [-0.05, 0) is 25.8 Å². The van der Waals surface area contributed by atoms with E-state index in [0.29, 0.717) is 18.7 Å². The van der Waals surface area contributed by atoms with Gasteiger partial charge in [0, 0.05) is 25.5 Å². The fraction of sp³-hybridized carbons (Fsp3) is 0.533. The molecule has 2 rings (SSSR count). The van der Waals surface area contributed by atoms with Crippen molar-refractivity contribution < 1.29 is 4.79 Å². The number of rotatable bonds is 7. The predicted octanol–water partition coefficient (Wildman–Crippen LogP) is 2.50. The van der Waals surface area contributed by atoms with E-state index in [1.807, 2.05) is 30.7 Å². The summed E-state index contributed by atoms with van der Waals surface area (Å²) in [4.78, 5) is 16.8. The second-order valence-electron chi connectivity index (χ2n) is 4.83. The van der Waals surface area contributed by atoms with Crippen molar-refractivity contribution in [2.24, 2.45) is 0 Å². The van der Waals surface area contributed by atoms with Gasteiger partial charge < -0.3 is 4.57 Å². The van der Waals surface area contributed by atoms with Gasteiger partial charge in [0.2, 0.25) is 0 Å². The van der Waals surface area contributed by atoms with E-state index < -0.39 is 0 Å². The highest BCUT2D eigenvalue weighted by atomic mass is 16.1. The van der Waals surface area contributed by atoms with E-state index in [1.165, 1.54) is 0 Å². The molecule has 0 saturated heterocycles. The number of nitrogens with zero attached hydrogens (tertiary/aromatic N) is 4. The Balaban J connectivity index is 2.19. The predicted molar refractivity (Wildman–Crippen MR) is 77.8 cm³/mol. The average molecular weight is 274 g/mol. The Morgan fingerprint density at radius 3 is 2.75 bits per heavy atom. The first-order chi connectivity index (χ1) is 9.69. The summed E-state index contributed by atoms with van der Waals surface area (Å²) in [6.45, 7) is 7.78. The maximum absolute atomic E-state index is 12.5. The molecule has 5 nitrogen and oxygen atoms in total. The van der Waals surface area contributed by atoms with Crippen LogP contribution in [0.5, 0.6) is 0 Å². The van der Waals surface area contributed by atoms with Gasteiger partial charge in [0.05, 0.1) is 12.1 Å². The minimum absolute atomic E-state index is 0.0857. The third kappa shape index (κ3) is 2.98. The second-order valence-corrected chi connectivity index (χ2v) is 4.83. The van der Waals surface area contributed by atoms with Crippen molar-refractivity contribution in [2.75, 3.05) is 0 Å². The number of carbonyl (C=O) groups is 1. The van der Waals surface area contributed by atoms with Crippen LogP contribution in [0.4, 0.5) is 0 Å². The van der Waals surface area contributed by atoms with Gasteiger partial charge in [-0.15, -0.1) is 0 Å². The van der Waals surface area contributed by atoms with Crippen molar-refractivity contribution in [2.45, 2.75) is 53.1 Å². The van der Waals surface area contributed by atoms with Gasteiger partial charge >= 0.3 is 0 Å². The molecule has 0 atom stereocenters. The molecule has 0 radical (unpaired) electrons. The first kappa shape index (κ1) is 14.5. The van der Waals surface area contributed by atoms with Crippen molar-refractivity contribution in [1.82, 2.24) is 19.3 Å². The molecule has 0 amide bonds. The fourth-order valence-electron chi connectivity index (χ4n) is 2.29. The maximum Gasteiger partial charge on any atom is 0.188 e. The molecule has 0 aromatic carbocycles. The summed E-state index contributed by atoms with van der Waals surface area (Å²) in [6, 6.07) is 1.90. The van der Waals surface area contributed by atoms with Crippen molar-refractivity contribution >= 4 is 5.78 Å².